The molecule has 0 aliphatic carbocycles. The number of rotatable bonds is 5. The summed E-state index contributed by atoms with van der Waals surface area (Å²) in [5, 5.41) is 12.3. The third kappa shape index (κ3) is 4.66. The number of halogens is 1. The molecule has 0 aliphatic heterocycles. The number of nitrogens with zero attached hydrogens (tertiary/aromatic N) is 2. The highest BCUT2D eigenvalue weighted by molar-refractivity contribution is 9.10. The zero-order chi connectivity index (χ0) is 23.4. The summed E-state index contributed by atoms with van der Waals surface area (Å²) in [6.45, 7) is 5.70. The predicted octanol–water partition coefficient (Wildman–Crippen LogP) is 5.50. The minimum atomic E-state index is -0.487. The molecule has 0 bridgehead atoms. The van der Waals surface area contributed by atoms with Crippen molar-refractivity contribution in [2.45, 2.75) is 20.8 Å². The first kappa shape index (κ1) is 23.0. The van der Waals surface area contributed by atoms with Crippen molar-refractivity contribution in [3.05, 3.63) is 86.7 Å². The van der Waals surface area contributed by atoms with Gasteiger partial charge < -0.3 is 14.6 Å². The normalized spacial score (nSPS) is 11.1. The van der Waals surface area contributed by atoms with Crippen molar-refractivity contribution >= 4 is 39.6 Å². The number of hydrogen-bond donors (Lipinski definition) is 1. The molecular weight excluding hydrogens is 470 g/mol. The number of carbonyl (C=O) groups excluding carboxylic acids is 2. The molecule has 0 radical (unpaired) electrons. The van der Waals surface area contributed by atoms with Gasteiger partial charge in [0.25, 0.3) is 5.91 Å². The largest absolute Gasteiger partial charge is 0.465 e. The van der Waals surface area contributed by atoms with E-state index < -0.39 is 11.9 Å². The van der Waals surface area contributed by atoms with E-state index in [1.54, 1.807) is 36.4 Å². The topological polar surface area (TPSA) is 84.1 Å². The summed E-state index contributed by atoms with van der Waals surface area (Å²) in [7, 11) is 1.35. The summed E-state index contributed by atoms with van der Waals surface area (Å²) in [6, 6.07) is 16.5. The Bertz CT molecular complexity index is 1280. The molecule has 6 nitrogen and oxygen atoms in total. The highest BCUT2D eigenvalue weighted by Crippen LogP contribution is 2.27. The zero-order valence-electron chi connectivity index (χ0n) is 18.2. The number of amides is 1. The summed E-state index contributed by atoms with van der Waals surface area (Å²) >= 11 is 3.36. The summed E-state index contributed by atoms with van der Waals surface area (Å²) in [5.41, 5.74) is 5.17. The van der Waals surface area contributed by atoms with Gasteiger partial charge in [-0.25, -0.2) is 4.79 Å². The van der Waals surface area contributed by atoms with Crippen molar-refractivity contribution in [2.24, 2.45) is 0 Å². The molecule has 3 rings (SSSR count). The van der Waals surface area contributed by atoms with Gasteiger partial charge in [-0.05, 0) is 74.4 Å². The van der Waals surface area contributed by atoms with Crippen LogP contribution in [-0.2, 0) is 9.53 Å². The van der Waals surface area contributed by atoms with Gasteiger partial charge in [0, 0.05) is 27.2 Å². The molecular formula is C25H22BrN3O3. The maximum absolute atomic E-state index is 12.7. The number of hydrogen-bond acceptors (Lipinski definition) is 4. The van der Waals surface area contributed by atoms with Crippen molar-refractivity contribution in [1.29, 1.82) is 5.26 Å². The smallest absolute Gasteiger partial charge is 0.338 e. The Balaban J connectivity index is 2.00. The van der Waals surface area contributed by atoms with Crippen molar-refractivity contribution < 1.29 is 14.3 Å². The molecule has 0 saturated heterocycles. The molecule has 162 valence electrons. The third-order valence-corrected chi connectivity index (χ3v) is 5.66. The molecule has 0 atom stereocenters. The Morgan fingerprint density at radius 1 is 1.12 bits per heavy atom. The number of benzene rings is 2. The second-order valence-electron chi connectivity index (χ2n) is 7.24. The molecule has 0 spiro atoms. The van der Waals surface area contributed by atoms with Crippen LogP contribution in [0.5, 0.6) is 0 Å². The van der Waals surface area contributed by atoms with Gasteiger partial charge in [0.05, 0.1) is 12.7 Å². The number of anilines is 1. The van der Waals surface area contributed by atoms with Crippen LogP contribution in [0.4, 0.5) is 5.69 Å². The molecule has 0 unspecified atom stereocenters. The Morgan fingerprint density at radius 3 is 2.50 bits per heavy atom. The van der Waals surface area contributed by atoms with Crippen LogP contribution in [0.3, 0.4) is 0 Å². The van der Waals surface area contributed by atoms with Gasteiger partial charge in [0.1, 0.15) is 11.6 Å². The van der Waals surface area contributed by atoms with Crippen LogP contribution in [0.25, 0.3) is 11.8 Å². The third-order valence-electron chi connectivity index (χ3n) is 5.17. The first-order valence-corrected chi connectivity index (χ1v) is 10.6. The van der Waals surface area contributed by atoms with Gasteiger partial charge >= 0.3 is 5.97 Å². The fourth-order valence-corrected chi connectivity index (χ4v) is 3.97. The standard InChI is InChI=1S/C25H22BrN3O3/c1-15-11-18(12-19(14-27)24(30)28-21-8-5-7-20(26)13-21)17(3)29(15)23-10-6-9-22(16(23)2)25(31)32-4/h5-13H,1-4H3,(H,28,30)/b19-12-. The quantitative estimate of drug-likeness (QED) is 0.290. The van der Waals surface area contributed by atoms with Gasteiger partial charge in [-0.2, -0.15) is 5.26 Å². The minimum Gasteiger partial charge on any atom is -0.465 e. The summed E-state index contributed by atoms with van der Waals surface area (Å²) < 4.78 is 7.70. The second-order valence-corrected chi connectivity index (χ2v) is 8.15. The fourth-order valence-electron chi connectivity index (χ4n) is 3.57. The molecule has 1 aromatic heterocycles. The molecule has 7 heteroatoms. The lowest BCUT2D eigenvalue weighted by molar-refractivity contribution is -0.112. The van der Waals surface area contributed by atoms with E-state index >= 15 is 0 Å². The molecule has 3 aromatic rings. The number of methoxy groups -OCH3 is 1. The van der Waals surface area contributed by atoms with E-state index in [4.69, 9.17) is 4.74 Å². The van der Waals surface area contributed by atoms with Crippen LogP contribution in [0.1, 0.15) is 32.9 Å². The lowest BCUT2D eigenvalue weighted by atomic mass is 10.1. The van der Waals surface area contributed by atoms with Crippen LogP contribution < -0.4 is 5.32 Å². The maximum atomic E-state index is 12.7. The summed E-state index contributed by atoms with van der Waals surface area (Å²) in [4.78, 5) is 24.8. The Hall–Kier alpha value is -3.63. The van der Waals surface area contributed by atoms with E-state index in [0.717, 1.165) is 32.7 Å². The van der Waals surface area contributed by atoms with Crippen LogP contribution >= 0.6 is 15.9 Å². The van der Waals surface area contributed by atoms with Gasteiger partial charge in [-0.15, -0.1) is 0 Å². The minimum absolute atomic E-state index is 0.00902. The highest BCUT2D eigenvalue weighted by Gasteiger charge is 2.18. The van der Waals surface area contributed by atoms with Gasteiger partial charge in [-0.1, -0.05) is 28.1 Å². The van der Waals surface area contributed by atoms with E-state index in [2.05, 4.69) is 21.2 Å². The molecule has 2 aromatic carbocycles. The first-order chi connectivity index (χ1) is 15.3. The molecule has 0 saturated carbocycles. The second kappa shape index (κ2) is 9.67. The number of nitrogens with one attached hydrogen (secondary N) is 1. The van der Waals surface area contributed by atoms with Gasteiger partial charge in [0.2, 0.25) is 0 Å². The number of ether oxygens (including phenoxy) is 1. The lowest BCUT2D eigenvalue weighted by Crippen LogP contribution is -2.13. The SMILES string of the molecule is COC(=O)c1cccc(-n2c(C)cc(/C=C(/C#N)C(=O)Nc3cccc(Br)c3)c2C)c1C. The molecule has 1 heterocycles. The first-order valence-electron chi connectivity index (χ1n) is 9.82. The van der Waals surface area contributed by atoms with Crippen LogP contribution in [0.2, 0.25) is 0 Å². The van der Waals surface area contributed by atoms with Crippen molar-refractivity contribution in [3.63, 3.8) is 0 Å². The number of aromatic nitrogens is 1. The van der Waals surface area contributed by atoms with Crippen LogP contribution in [0.15, 0.2) is 58.6 Å². The molecule has 1 amide bonds. The average Bonchev–Trinajstić information content (AvgIpc) is 3.04. The van der Waals surface area contributed by atoms with E-state index in [1.165, 1.54) is 7.11 Å². The Kier molecular flexibility index (Phi) is 6.96. The zero-order valence-corrected chi connectivity index (χ0v) is 19.8. The number of nitriles is 1. The highest BCUT2D eigenvalue weighted by atomic mass is 79.9. The predicted molar refractivity (Wildman–Crippen MR) is 128 cm³/mol. The van der Waals surface area contributed by atoms with Crippen molar-refractivity contribution in [3.8, 4) is 11.8 Å². The Labute approximate surface area is 195 Å². The fraction of sp³-hybridized carbons (Fsp3) is 0.160. The molecule has 0 fully saturated rings. The van der Waals surface area contributed by atoms with Crippen LogP contribution in [0, 0.1) is 32.1 Å². The molecule has 32 heavy (non-hydrogen) atoms. The van der Waals surface area contributed by atoms with E-state index in [9.17, 15) is 14.9 Å². The number of aryl methyl sites for hydroxylation is 1. The van der Waals surface area contributed by atoms with Gasteiger partial charge in [0.15, 0.2) is 0 Å². The molecule has 0 aliphatic rings. The van der Waals surface area contributed by atoms with Crippen molar-refractivity contribution in [2.75, 3.05) is 12.4 Å². The van der Waals surface area contributed by atoms with Gasteiger partial charge in [-0.3, -0.25) is 4.79 Å². The van der Waals surface area contributed by atoms with Crippen LogP contribution in [-0.4, -0.2) is 23.6 Å². The maximum Gasteiger partial charge on any atom is 0.338 e. The monoisotopic (exact) mass is 491 g/mol. The van der Waals surface area contributed by atoms with E-state index in [0.29, 0.717) is 11.3 Å². The average molecular weight is 492 g/mol. The molecule has 1 N–H and O–H groups in total. The van der Waals surface area contributed by atoms with E-state index in [-0.39, 0.29) is 5.57 Å². The lowest BCUT2D eigenvalue weighted by Gasteiger charge is -2.15. The van der Waals surface area contributed by atoms with E-state index in [1.807, 2.05) is 49.6 Å². The summed E-state index contributed by atoms with van der Waals surface area (Å²) in [5.74, 6) is -0.887. The number of carbonyl (C=O) groups is 2. The number of esters is 1. The Morgan fingerprint density at radius 2 is 1.84 bits per heavy atom. The van der Waals surface area contributed by atoms with Crippen molar-refractivity contribution in [1.82, 2.24) is 4.57 Å². The summed E-state index contributed by atoms with van der Waals surface area (Å²) in [6.07, 6.45) is 1.58.